The smallest absolute Gasteiger partial charge is 0.229 e. The summed E-state index contributed by atoms with van der Waals surface area (Å²) in [5.74, 6) is 1.32. The number of halogens is 1. The van der Waals surface area contributed by atoms with Crippen LogP contribution in [0, 0.1) is 6.92 Å². The molecular formula is C23H26IN5O2. The average molecular weight is 531 g/mol. The van der Waals surface area contributed by atoms with Gasteiger partial charge in [0.1, 0.15) is 6.26 Å². The summed E-state index contributed by atoms with van der Waals surface area (Å²) in [5, 5.41) is 6.57. The molecule has 0 radical (unpaired) electrons. The summed E-state index contributed by atoms with van der Waals surface area (Å²) < 4.78 is 5.60. The van der Waals surface area contributed by atoms with Gasteiger partial charge < -0.3 is 20.0 Å². The van der Waals surface area contributed by atoms with Gasteiger partial charge in [-0.25, -0.2) is 4.98 Å². The van der Waals surface area contributed by atoms with Crippen LogP contribution in [0.1, 0.15) is 17.7 Å². The van der Waals surface area contributed by atoms with Gasteiger partial charge in [0.05, 0.1) is 18.3 Å². The summed E-state index contributed by atoms with van der Waals surface area (Å²) in [6.45, 7) is 3.12. The van der Waals surface area contributed by atoms with Crippen LogP contribution in [0.3, 0.4) is 0 Å². The van der Waals surface area contributed by atoms with E-state index in [4.69, 9.17) is 4.42 Å². The number of benzene rings is 2. The van der Waals surface area contributed by atoms with Crippen LogP contribution in [0.5, 0.6) is 0 Å². The summed E-state index contributed by atoms with van der Waals surface area (Å²) in [4.78, 5) is 23.0. The quantitative estimate of drug-likeness (QED) is 0.298. The lowest BCUT2D eigenvalue weighted by Crippen LogP contribution is -2.44. The summed E-state index contributed by atoms with van der Waals surface area (Å²) in [5.41, 5.74) is 3.83. The number of carbonyl (C=O) groups is 1. The fourth-order valence-electron chi connectivity index (χ4n) is 3.44. The zero-order valence-corrected chi connectivity index (χ0v) is 19.9. The highest BCUT2D eigenvalue weighted by Crippen LogP contribution is 2.21. The van der Waals surface area contributed by atoms with Crippen LogP contribution in [0.2, 0.25) is 0 Å². The van der Waals surface area contributed by atoms with Gasteiger partial charge in [-0.3, -0.25) is 9.79 Å². The van der Waals surface area contributed by atoms with Crippen LogP contribution < -0.4 is 15.5 Å². The van der Waals surface area contributed by atoms with Crippen LogP contribution in [-0.2, 0) is 11.3 Å². The first-order valence-electron chi connectivity index (χ1n) is 9.96. The Bertz CT molecular complexity index is 1030. The van der Waals surface area contributed by atoms with Crippen molar-refractivity contribution in [2.75, 3.05) is 18.5 Å². The van der Waals surface area contributed by atoms with E-state index in [1.54, 1.807) is 18.2 Å². The lowest BCUT2D eigenvalue weighted by molar-refractivity contribution is -0.117. The van der Waals surface area contributed by atoms with Crippen molar-refractivity contribution in [3.63, 3.8) is 0 Å². The normalized spacial score (nSPS) is 16.2. The number of nitrogens with zero attached hydrogens (tertiary/aromatic N) is 3. The van der Waals surface area contributed by atoms with Crippen molar-refractivity contribution in [2.24, 2.45) is 4.99 Å². The van der Waals surface area contributed by atoms with E-state index in [0.29, 0.717) is 31.4 Å². The molecule has 1 atom stereocenters. The third-order valence-corrected chi connectivity index (χ3v) is 5.04. The number of oxazole rings is 1. The maximum Gasteiger partial charge on any atom is 0.229 e. The predicted octanol–water partition coefficient (Wildman–Crippen LogP) is 3.74. The number of para-hydroxylation sites is 1. The van der Waals surface area contributed by atoms with E-state index in [1.165, 1.54) is 5.56 Å². The van der Waals surface area contributed by atoms with Crippen molar-refractivity contribution in [3.8, 4) is 11.5 Å². The van der Waals surface area contributed by atoms with Crippen LogP contribution in [-0.4, -0.2) is 36.5 Å². The summed E-state index contributed by atoms with van der Waals surface area (Å²) in [6, 6.07) is 17.8. The van der Waals surface area contributed by atoms with Gasteiger partial charge in [0, 0.05) is 31.3 Å². The highest BCUT2D eigenvalue weighted by Gasteiger charge is 2.31. The molecule has 0 aliphatic carbocycles. The van der Waals surface area contributed by atoms with E-state index in [2.05, 4.69) is 20.6 Å². The van der Waals surface area contributed by atoms with Crippen LogP contribution in [0.25, 0.3) is 11.5 Å². The third-order valence-electron chi connectivity index (χ3n) is 5.04. The Morgan fingerprint density at radius 2 is 1.94 bits per heavy atom. The van der Waals surface area contributed by atoms with E-state index in [1.807, 2.05) is 61.5 Å². The maximum atomic E-state index is 12.4. The average Bonchev–Trinajstić information content (AvgIpc) is 3.39. The standard InChI is InChI=1S/C23H25N5O2.HI/c1-16-8-10-17(11-9-16)22-26-19(15-30-22)13-25-23(24-2)27-18-12-21(29)28(14-18)20-6-4-3-5-7-20;/h3-11,15,18H,12-14H2,1-2H3,(H2,24,25,27);1H. The molecule has 7 nitrogen and oxygen atoms in total. The van der Waals surface area contributed by atoms with Crippen molar-refractivity contribution < 1.29 is 9.21 Å². The second-order valence-electron chi connectivity index (χ2n) is 7.32. The molecule has 1 amide bonds. The van der Waals surface area contributed by atoms with E-state index in [9.17, 15) is 4.79 Å². The summed E-state index contributed by atoms with van der Waals surface area (Å²) >= 11 is 0. The Balaban J connectivity index is 0.00000272. The molecule has 1 aliphatic heterocycles. The Hall–Kier alpha value is -2.88. The van der Waals surface area contributed by atoms with Gasteiger partial charge in [-0.15, -0.1) is 24.0 Å². The Morgan fingerprint density at radius 3 is 2.65 bits per heavy atom. The summed E-state index contributed by atoms with van der Waals surface area (Å²) in [7, 11) is 1.71. The second kappa shape index (κ2) is 10.4. The largest absolute Gasteiger partial charge is 0.444 e. The van der Waals surface area contributed by atoms with Gasteiger partial charge >= 0.3 is 0 Å². The summed E-state index contributed by atoms with van der Waals surface area (Å²) in [6.07, 6.45) is 2.07. The molecule has 3 aromatic rings. The number of rotatable bonds is 5. The molecule has 4 rings (SSSR count). The Kier molecular flexibility index (Phi) is 7.67. The molecule has 0 bridgehead atoms. The van der Waals surface area contributed by atoms with Crippen molar-refractivity contribution in [2.45, 2.75) is 25.9 Å². The molecule has 0 saturated carbocycles. The molecule has 0 spiro atoms. The second-order valence-corrected chi connectivity index (χ2v) is 7.32. The fraction of sp³-hybridized carbons (Fsp3) is 0.261. The van der Waals surface area contributed by atoms with Crippen molar-refractivity contribution in [1.29, 1.82) is 0 Å². The number of aliphatic imine (C=N–C) groups is 1. The van der Waals surface area contributed by atoms with Crippen LogP contribution in [0.4, 0.5) is 5.69 Å². The number of hydrogen-bond donors (Lipinski definition) is 2. The molecule has 1 unspecified atom stereocenters. The molecule has 1 aliphatic rings. The zero-order chi connectivity index (χ0) is 20.9. The minimum absolute atomic E-state index is 0. The zero-order valence-electron chi connectivity index (χ0n) is 17.5. The first kappa shape index (κ1) is 22.8. The van der Waals surface area contributed by atoms with Gasteiger partial charge in [-0.1, -0.05) is 35.9 Å². The third kappa shape index (κ3) is 5.63. The highest BCUT2D eigenvalue weighted by molar-refractivity contribution is 14.0. The van der Waals surface area contributed by atoms with E-state index in [-0.39, 0.29) is 35.9 Å². The number of nitrogens with one attached hydrogen (secondary N) is 2. The van der Waals surface area contributed by atoms with Gasteiger partial charge in [-0.05, 0) is 31.2 Å². The fourth-order valence-corrected chi connectivity index (χ4v) is 3.44. The number of aryl methyl sites for hydroxylation is 1. The van der Waals surface area contributed by atoms with Gasteiger partial charge in [0.25, 0.3) is 0 Å². The number of carbonyl (C=O) groups excluding carboxylic acids is 1. The number of guanidine groups is 1. The Morgan fingerprint density at radius 1 is 1.19 bits per heavy atom. The van der Waals surface area contributed by atoms with Gasteiger partial charge in [-0.2, -0.15) is 0 Å². The van der Waals surface area contributed by atoms with Crippen LogP contribution in [0.15, 0.2) is 70.3 Å². The van der Waals surface area contributed by atoms with Crippen molar-refractivity contribution in [1.82, 2.24) is 15.6 Å². The first-order valence-corrected chi connectivity index (χ1v) is 9.96. The van der Waals surface area contributed by atoms with E-state index >= 15 is 0 Å². The minimum Gasteiger partial charge on any atom is -0.444 e. The maximum absolute atomic E-state index is 12.4. The molecule has 2 aromatic carbocycles. The number of aromatic nitrogens is 1. The Labute approximate surface area is 199 Å². The molecule has 31 heavy (non-hydrogen) atoms. The lowest BCUT2D eigenvalue weighted by Gasteiger charge is -2.18. The topological polar surface area (TPSA) is 82.8 Å². The van der Waals surface area contributed by atoms with Crippen molar-refractivity contribution >= 4 is 41.5 Å². The molecular weight excluding hydrogens is 505 g/mol. The monoisotopic (exact) mass is 531 g/mol. The first-order chi connectivity index (χ1) is 14.6. The minimum atomic E-state index is -0.00988. The van der Waals surface area contributed by atoms with E-state index in [0.717, 1.165) is 16.9 Å². The molecule has 2 heterocycles. The van der Waals surface area contributed by atoms with Crippen molar-refractivity contribution in [3.05, 3.63) is 72.1 Å². The molecule has 1 saturated heterocycles. The van der Waals surface area contributed by atoms with Gasteiger partial charge in [0.2, 0.25) is 11.8 Å². The number of anilines is 1. The molecule has 8 heteroatoms. The number of amides is 1. The van der Waals surface area contributed by atoms with Gasteiger partial charge in [0.15, 0.2) is 5.96 Å². The van der Waals surface area contributed by atoms with E-state index < -0.39 is 0 Å². The lowest BCUT2D eigenvalue weighted by atomic mass is 10.1. The number of hydrogen-bond acceptors (Lipinski definition) is 4. The molecule has 2 N–H and O–H groups in total. The SMILES string of the molecule is CN=C(NCc1coc(-c2ccc(C)cc2)n1)NC1CC(=O)N(c2ccccc2)C1.I. The molecule has 162 valence electrons. The molecule has 1 aromatic heterocycles. The van der Waals surface area contributed by atoms with Crippen LogP contribution >= 0.6 is 24.0 Å². The molecule has 1 fully saturated rings. The predicted molar refractivity (Wildman–Crippen MR) is 133 cm³/mol. The highest BCUT2D eigenvalue weighted by atomic mass is 127.